The molecule has 2 aliphatic rings. The van der Waals surface area contributed by atoms with E-state index in [0.29, 0.717) is 41.4 Å². The monoisotopic (exact) mass is 444 g/mol. The number of rotatable bonds is 6. The molecule has 31 heavy (non-hydrogen) atoms. The second kappa shape index (κ2) is 9.18. The molecule has 1 atom stereocenters. The number of hydrogen-bond acceptors (Lipinski definition) is 5. The molecule has 4 rings (SSSR count). The van der Waals surface area contributed by atoms with Gasteiger partial charge in [0.1, 0.15) is 10.8 Å². The van der Waals surface area contributed by atoms with Crippen LogP contribution in [0.15, 0.2) is 29.6 Å². The number of piperidine rings is 1. The second-order valence-electron chi connectivity index (χ2n) is 7.98. The summed E-state index contributed by atoms with van der Waals surface area (Å²) in [5.41, 5.74) is 1.83. The zero-order chi connectivity index (χ0) is 22.0. The first-order valence-electron chi connectivity index (χ1n) is 10.6. The summed E-state index contributed by atoms with van der Waals surface area (Å²) in [5.74, 6) is -1.23. The first kappa shape index (κ1) is 21.5. The van der Waals surface area contributed by atoms with Gasteiger partial charge in [-0.1, -0.05) is 0 Å². The fourth-order valence-corrected chi connectivity index (χ4v) is 4.97. The van der Waals surface area contributed by atoms with Gasteiger partial charge in [0.2, 0.25) is 5.91 Å². The second-order valence-corrected chi connectivity index (χ2v) is 8.86. The van der Waals surface area contributed by atoms with E-state index in [0.717, 1.165) is 18.4 Å². The predicted molar refractivity (Wildman–Crippen MR) is 116 cm³/mol. The molecule has 2 amide bonds. The van der Waals surface area contributed by atoms with Gasteiger partial charge in [0.05, 0.1) is 18.1 Å². The highest BCUT2D eigenvalue weighted by Crippen LogP contribution is 2.46. The zero-order valence-electron chi connectivity index (χ0n) is 17.4. The lowest BCUT2D eigenvalue weighted by Crippen LogP contribution is -2.43. The van der Waals surface area contributed by atoms with Gasteiger partial charge >= 0.3 is 5.97 Å². The van der Waals surface area contributed by atoms with Crippen molar-refractivity contribution >= 4 is 34.1 Å². The Morgan fingerprint density at radius 1 is 1.19 bits per heavy atom. The SMILES string of the molecule is CCOC(=O)c1c(C2CC2)csc1NC(=O)C1CCCN(C(=O)c2ccc(F)cc2)C1. The average Bonchev–Trinajstić information content (AvgIpc) is 3.54. The largest absolute Gasteiger partial charge is 0.462 e. The fraction of sp³-hybridized carbons (Fsp3) is 0.435. The molecule has 2 aromatic rings. The number of likely N-dealkylation sites (tertiary alicyclic amines) is 1. The number of carbonyl (C=O) groups excluding carboxylic acids is 3. The van der Waals surface area contributed by atoms with Crippen molar-refractivity contribution < 1.29 is 23.5 Å². The molecule has 1 aromatic heterocycles. The number of amides is 2. The number of nitrogens with zero attached hydrogens (tertiary/aromatic N) is 1. The van der Waals surface area contributed by atoms with Gasteiger partial charge in [-0.05, 0) is 73.7 Å². The summed E-state index contributed by atoms with van der Waals surface area (Å²) in [4.78, 5) is 39.9. The molecule has 1 aliphatic carbocycles. The normalized spacial score (nSPS) is 18.5. The molecule has 1 aromatic carbocycles. The van der Waals surface area contributed by atoms with E-state index >= 15 is 0 Å². The number of benzene rings is 1. The van der Waals surface area contributed by atoms with Gasteiger partial charge in [-0.25, -0.2) is 9.18 Å². The zero-order valence-corrected chi connectivity index (χ0v) is 18.2. The lowest BCUT2D eigenvalue weighted by atomic mass is 9.96. The molecule has 1 saturated heterocycles. The molecule has 2 heterocycles. The quantitative estimate of drug-likeness (QED) is 0.669. The van der Waals surface area contributed by atoms with Crippen molar-refractivity contribution in [1.82, 2.24) is 4.90 Å². The highest BCUT2D eigenvalue weighted by atomic mass is 32.1. The Morgan fingerprint density at radius 2 is 1.94 bits per heavy atom. The summed E-state index contributed by atoms with van der Waals surface area (Å²) >= 11 is 1.35. The Balaban J connectivity index is 1.46. The van der Waals surface area contributed by atoms with Crippen LogP contribution in [-0.2, 0) is 9.53 Å². The fourth-order valence-electron chi connectivity index (χ4n) is 3.94. The van der Waals surface area contributed by atoms with E-state index in [-0.39, 0.29) is 30.9 Å². The number of anilines is 1. The number of ether oxygens (including phenoxy) is 1. The molecule has 1 aliphatic heterocycles. The number of halogens is 1. The summed E-state index contributed by atoms with van der Waals surface area (Å²) < 4.78 is 18.4. The third-order valence-corrected chi connectivity index (χ3v) is 6.64. The number of hydrogen-bond donors (Lipinski definition) is 1. The van der Waals surface area contributed by atoms with Crippen LogP contribution in [0.1, 0.15) is 64.8 Å². The Labute approximate surface area is 184 Å². The summed E-state index contributed by atoms with van der Waals surface area (Å²) in [6.45, 7) is 2.87. The van der Waals surface area contributed by atoms with Crippen molar-refractivity contribution in [2.75, 3.05) is 25.0 Å². The molecule has 1 unspecified atom stereocenters. The summed E-state index contributed by atoms with van der Waals surface area (Å²) in [6.07, 6.45) is 3.45. The number of thiophene rings is 1. The third-order valence-electron chi connectivity index (χ3n) is 5.72. The molecule has 2 fully saturated rings. The molecule has 0 radical (unpaired) electrons. The van der Waals surface area contributed by atoms with E-state index in [2.05, 4.69) is 5.32 Å². The van der Waals surface area contributed by atoms with Crippen molar-refractivity contribution in [3.63, 3.8) is 0 Å². The Bertz CT molecular complexity index is 984. The van der Waals surface area contributed by atoms with Crippen LogP contribution in [0.4, 0.5) is 9.39 Å². The smallest absolute Gasteiger partial charge is 0.341 e. The van der Waals surface area contributed by atoms with E-state index in [1.54, 1.807) is 11.8 Å². The van der Waals surface area contributed by atoms with E-state index < -0.39 is 11.8 Å². The first-order valence-corrected chi connectivity index (χ1v) is 11.5. The third kappa shape index (κ3) is 4.79. The van der Waals surface area contributed by atoms with Crippen LogP contribution in [0.2, 0.25) is 0 Å². The predicted octanol–water partition coefficient (Wildman–Crippen LogP) is 4.43. The highest BCUT2D eigenvalue weighted by molar-refractivity contribution is 7.15. The van der Waals surface area contributed by atoms with E-state index in [4.69, 9.17) is 4.74 Å². The van der Waals surface area contributed by atoms with Gasteiger partial charge in [-0.15, -0.1) is 11.3 Å². The number of nitrogens with one attached hydrogen (secondary N) is 1. The van der Waals surface area contributed by atoms with Crippen LogP contribution < -0.4 is 5.32 Å². The minimum atomic E-state index is -0.405. The number of esters is 1. The van der Waals surface area contributed by atoms with Crippen LogP contribution >= 0.6 is 11.3 Å². The van der Waals surface area contributed by atoms with Crippen molar-refractivity contribution in [2.24, 2.45) is 5.92 Å². The first-order chi connectivity index (χ1) is 15.0. The Morgan fingerprint density at radius 3 is 2.61 bits per heavy atom. The minimum absolute atomic E-state index is 0.202. The molecule has 164 valence electrons. The maximum Gasteiger partial charge on any atom is 0.341 e. The van der Waals surface area contributed by atoms with Gasteiger partial charge < -0.3 is 15.0 Å². The molecular formula is C23H25FN2O4S. The highest BCUT2D eigenvalue weighted by Gasteiger charge is 2.34. The van der Waals surface area contributed by atoms with E-state index in [9.17, 15) is 18.8 Å². The van der Waals surface area contributed by atoms with Crippen LogP contribution in [-0.4, -0.2) is 42.4 Å². The Hall–Kier alpha value is -2.74. The van der Waals surface area contributed by atoms with Crippen molar-refractivity contribution in [1.29, 1.82) is 0 Å². The van der Waals surface area contributed by atoms with Crippen molar-refractivity contribution in [3.05, 3.63) is 52.2 Å². The average molecular weight is 445 g/mol. The van der Waals surface area contributed by atoms with Gasteiger partial charge in [0.15, 0.2) is 0 Å². The maximum atomic E-state index is 13.2. The summed E-state index contributed by atoms with van der Waals surface area (Å²) in [5, 5.41) is 5.38. The molecule has 0 spiro atoms. The molecule has 1 saturated carbocycles. The van der Waals surface area contributed by atoms with Crippen molar-refractivity contribution in [2.45, 2.75) is 38.5 Å². The summed E-state index contributed by atoms with van der Waals surface area (Å²) in [6, 6.07) is 5.43. The molecular weight excluding hydrogens is 419 g/mol. The standard InChI is InChI=1S/C23H25FN2O4S/c1-2-30-23(29)19-18(14-5-6-14)13-31-21(19)25-20(27)16-4-3-11-26(12-16)22(28)15-7-9-17(24)10-8-15/h7-10,13-14,16H,2-6,11-12H2,1H3,(H,25,27). The van der Waals surface area contributed by atoms with Crippen LogP contribution in [0.3, 0.4) is 0 Å². The van der Waals surface area contributed by atoms with Gasteiger partial charge in [0.25, 0.3) is 5.91 Å². The minimum Gasteiger partial charge on any atom is -0.462 e. The van der Waals surface area contributed by atoms with Crippen LogP contribution in [0.5, 0.6) is 0 Å². The Kier molecular flexibility index (Phi) is 6.36. The molecule has 1 N–H and O–H groups in total. The maximum absolute atomic E-state index is 13.2. The molecule has 6 nitrogen and oxygen atoms in total. The van der Waals surface area contributed by atoms with E-state index in [1.165, 1.54) is 35.6 Å². The lowest BCUT2D eigenvalue weighted by molar-refractivity contribution is -0.121. The van der Waals surface area contributed by atoms with Crippen LogP contribution in [0.25, 0.3) is 0 Å². The lowest BCUT2D eigenvalue weighted by Gasteiger charge is -2.32. The van der Waals surface area contributed by atoms with Crippen LogP contribution in [0, 0.1) is 11.7 Å². The molecule has 8 heteroatoms. The number of carbonyl (C=O) groups is 3. The van der Waals surface area contributed by atoms with Gasteiger partial charge in [-0.3, -0.25) is 9.59 Å². The summed E-state index contributed by atoms with van der Waals surface area (Å²) in [7, 11) is 0. The molecule has 0 bridgehead atoms. The van der Waals surface area contributed by atoms with Gasteiger partial charge in [0, 0.05) is 18.7 Å². The van der Waals surface area contributed by atoms with Crippen molar-refractivity contribution in [3.8, 4) is 0 Å². The topological polar surface area (TPSA) is 75.7 Å². The van der Waals surface area contributed by atoms with Gasteiger partial charge in [-0.2, -0.15) is 0 Å². The van der Waals surface area contributed by atoms with E-state index in [1.807, 2.05) is 5.38 Å².